The summed E-state index contributed by atoms with van der Waals surface area (Å²) in [7, 11) is 0. The molecular formula is C14H18Cl2N2O. The van der Waals surface area contributed by atoms with E-state index < -0.39 is 0 Å². The molecule has 1 amide bonds. The Bertz CT molecular complexity index is 425. The summed E-state index contributed by atoms with van der Waals surface area (Å²) in [5, 5.41) is 7.54. The maximum absolute atomic E-state index is 12.0. The average molecular weight is 301 g/mol. The van der Waals surface area contributed by atoms with Crippen LogP contribution in [0.1, 0.15) is 18.4 Å². The number of halogens is 2. The standard InChI is InChI=1S/C14H18Cl2N2O/c15-12-2-1-3-13(16)11(12)6-9-18-14(19)10-4-7-17-8-5-10/h1-3,10,17H,4-9H2,(H,18,19). The number of amides is 1. The van der Waals surface area contributed by atoms with Gasteiger partial charge in [0.25, 0.3) is 0 Å². The molecule has 0 bridgehead atoms. The van der Waals surface area contributed by atoms with Gasteiger partial charge in [-0.15, -0.1) is 0 Å². The molecule has 0 unspecified atom stereocenters. The summed E-state index contributed by atoms with van der Waals surface area (Å²) in [6.07, 6.45) is 2.49. The molecule has 5 heteroatoms. The summed E-state index contributed by atoms with van der Waals surface area (Å²) in [6, 6.07) is 5.45. The number of carbonyl (C=O) groups is 1. The Balaban J connectivity index is 1.81. The Hall–Kier alpha value is -0.770. The molecule has 1 aromatic rings. The lowest BCUT2D eigenvalue weighted by Crippen LogP contribution is -2.38. The average Bonchev–Trinajstić information content (AvgIpc) is 2.43. The molecule has 0 radical (unpaired) electrons. The Labute approximate surface area is 123 Å². The number of hydrogen-bond acceptors (Lipinski definition) is 2. The molecule has 0 saturated carbocycles. The van der Waals surface area contributed by atoms with Crippen molar-refractivity contribution in [2.75, 3.05) is 19.6 Å². The molecule has 3 nitrogen and oxygen atoms in total. The predicted molar refractivity (Wildman–Crippen MR) is 78.8 cm³/mol. The topological polar surface area (TPSA) is 41.1 Å². The van der Waals surface area contributed by atoms with Gasteiger partial charge in [-0.05, 0) is 50.0 Å². The molecule has 1 aromatic carbocycles. The van der Waals surface area contributed by atoms with Gasteiger partial charge < -0.3 is 10.6 Å². The molecule has 2 rings (SSSR count). The van der Waals surface area contributed by atoms with Crippen LogP contribution in [0, 0.1) is 5.92 Å². The second-order valence-electron chi connectivity index (χ2n) is 4.77. The van der Waals surface area contributed by atoms with E-state index in [1.165, 1.54) is 0 Å². The third-order valence-corrected chi connectivity index (χ3v) is 4.15. The first kappa shape index (κ1) is 14.6. The Kier molecular flexibility index (Phi) is 5.49. The smallest absolute Gasteiger partial charge is 0.223 e. The van der Waals surface area contributed by atoms with Crippen LogP contribution in [0.5, 0.6) is 0 Å². The van der Waals surface area contributed by atoms with Crippen molar-refractivity contribution in [3.63, 3.8) is 0 Å². The van der Waals surface area contributed by atoms with Crippen molar-refractivity contribution in [1.82, 2.24) is 10.6 Å². The molecule has 1 fully saturated rings. The lowest BCUT2D eigenvalue weighted by molar-refractivity contribution is -0.125. The lowest BCUT2D eigenvalue weighted by Gasteiger charge is -2.21. The Morgan fingerprint density at radius 3 is 2.53 bits per heavy atom. The van der Waals surface area contributed by atoms with Gasteiger partial charge in [0.1, 0.15) is 0 Å². The van der Waals surface area contributed by atoms with Gasteiger partial charge >= 0.3 is 0 Å². The van der Waals surface area contributed by atoms with E-state index in [9.17, 15) is 4.79 Å². The maximum atomic E-state index is 12.0. The molecule has 0 atom stereocenters. The van der Waals surface area contributed by atoms with E-state index in [0.29, 0.717) is 23.0 Å². The third kappa shape index (κ3) is 4.10. The maximum Gasteiger partial charge on any atom is 0.223 e. The highest BCUT2D eigenvalue weighted by Gasteiger charge is 2.20. The Morgan fingerprint density at radius 2 is 1.89 bits per heavy atom. The zero-order chi connectivity index (χ0) is 13.7. The summed E-state index contributed by atoms with van der Waals surface area (Å²) in [5.41, 5.74) is 0.899. The summed E-state index contributed by atoms with van der Waals surface area (Å²) in [5.74, 6) is 0.285. The van der Waals surface area contributed by atoms with Crippen LogP contribution < -0.4 is 10.6 Å². The third-order valence-electron chi connectivity index (χ3n) is 3.45. The summed E-state index contributed by atoms with van der Waals surface area (Å²) in [4.78, 5) is 12.0. The fourth-order valence-corrected chi connectivity index (χ4v) is 2.90. The minimum absolute atomic E-state index is 0.142. The molecule has 19 heavy (non-hydrogen) atoms. The first-order valence-corrected chi connectivity index (χ1v) is 7.35. The highest BCUT2D eigenvalue weighted by Crippen LogP contribution is 2.24. The number of carbonyl (C=O) groups excluding carboxylic acids is 1. The van der Waals surface area contributed by atoms with E-state index in [4.69, 9.17) is 23.2 Å². The van der Waals surface area contributed by atoms with Crippen LogP contribution in [-0.2, 0) is 11.2 Å². The Morgan fingerprint density at radius 1 is 1.26 bits per heavy atom. The van der Waals surface area contributed by atoms with Gasteiger partial charge in [-0.1, -0.05) is 29.3 Å². The normalized spacial score (nSPS) is 16.3. The van der Waals surface area contributed by atoms with Gasteiger partial charge in [0.15, 0.2) is 0 Å². The summed E-state index contributed by atoms with van der Waals surface area (Å²) >= 11 is 12.2. The number of benzene rings is 1. The predicted octanol–water partition coefficient (Wildman–Crippen LogP) is 2.65. The summed E-state index contributed by atoms with van der Waals surface area (Å²) < 4.78 is 0. The van der Waals surface area contributed by atoms with E-state index >= 15 is 0 Å². The lowest BCUT2D eigenvalue weighted by atomic mass is 9.97. The van der Waals surface area contributed by atoms with Crippen molar-refractivity contribution < 1.29 is 4.79 Å². The molecule has 2 N–H and O–H groups in total. The molecule has 0 aliphatic carbocycles. The molecular weight excluding hydrogens is 283 g/mol. The van der Waals surface area contributed by atoms with E-state index in [1.54, 1.807) is 0 Å². The quantitative estimate of drug-likeness (QED) is 0.897. The van der Waals surface area contributed by atoms with Crippen LogP contribution in [0.3, 0.4) is 0 Å². The van der Waals surface area contributed by atoms with Crippen LogP contribution in [0.15, 0.2) is 18.2 Å². The molecule has 1 aliphatic rings. The number of piperidine rings is 1. The van der Waals surface area contributed by atoms with E-state index in [2.05, 4.69) is 10.6 Å². The monoisotopic (exact) mass is 300 g/mol. The van der Waals surface area contributed by atoms with Crippen molar-refractivity contribution in [3.05, 3.63) is 33.8 Å². The van der Waals surface area contributed by atoms with Gasteiger partial charge in [-0.25, -0.2) is 0 Å². The van der Waals surface area contributed by atoms with Crippen molar-refractivity contribution >= 4 is 29.1 Å². The van der Waals surface area contributed by atoms with E-state index in [1.807, 2.05) is 18.2 Å². The number of hydrogen-bond donors (Lipinski definition) is 2. The molecule has 1 saturated heterocycles. The first-order valence-electron chi connectivity index (χ1n) is 6.60. The molecule has 1 heterocycles. The SMILES string of the molecule is O=C(NCCc1c(Cl)cccc1Cl)C1CCNCC1. The van der Waals surface area contributed by atoms with E-state index in [-0.39, 0.29) is 11.8 Å². The minimum Gasteiger partial charge on any atom is -0.356 e. The van der Waals surface area contributed by atoms with Gasteiger partial charge in [-0.3, -0.25) is 4.79 Å². The van der Waals surface area contributed by atoms with Crippen LogP contribution in [-0.4, -0.2) is 25.5 Å². The molecule has 1 aliphatic heterocycles. The van der Waals surface area contributed by atoms with Gasteiger partial charge in [0.2, 0.25) is 5.91 Å². The zero-order valence-corrected chi connectivity index (χ0v) is 12.2. The molecule has 0 aromatic heterocycles. The van der Waals surface area contributed by atoms with Crippen molar-refractivity contribution in [2.45, 2.75) is 19.3 Å². The fourth-order valence-electron chi connectivity index (χ4n) is 2.31. The fraction of sp³-hybridized carbons (Fsp3) is 0.500. The van der Waals surface area contributed by atoms with Crippen LogP contribution in [0.2, 0.25) is 10.0 Å². The van der Waals surface area contributed by atoms with Gasteiger partial charge in [0, 0.05) is 22.5 Å². The van der Waals surface area contributed by atoms with Crippen molar-refractivity contribution in [1.29, 1.82) is 0 Å². The second kappa shape index (κ2) is 7.13. The van der Waals surface area contributed by atoms with E-state index in [0.717, 1.165) is 31.5 Å². The van der Waals surface area contributed by atoms with Gasteiger partial charge in [0.05, 0.1) is 0 Å². The van der Waals surface area contributed by atoms with Crippen molar-refractivity contribution in [3.8, 4) is 0 Å². The highest BCUT2D eigenvalue weighted by atomic mass is 35.5. The van der Waals surface area contributed by atoms with Crippen LogP contribution in [0.4, 0.5) is 0 Å². The van der Waals surface area contributed by atoms with Crippen LogP contribution >= 0.6 is 23.2 Å². The highest BCUT2D eigenvalue weighted by molar-refractivity contribution is 6.35. The molecule has 0 spiro atoms. The summed E-state index contributed by atoms with van der Waals surface area (Å²) in [6.45, 7) is 2.43. The van der Waals surface area contributed by atoms with Crippen molar-refractivity contribution in [2.24, 2.45) is 5.92 Å². The second-order valence-corrected chi connectivity index (χ2v) is 5.58. The first-order chi connectivity index (χ1) is 9.18. The number of rotatable bonds is 4. The largest absolute Gasteiger partial charge is 0.356 e. The van der Waals surface area contributed by atoms with Gasteiger partial charge in [-0.2, -0.15) is 0 Å². The minimum atomic E-state index is 0.142. The van der Waals surface area contributed by atoms with Crippen LogP contribution in [0.25, 0.3) is 0 Å². The molecule has 104 valence electrons. The zero-order valence-electron chi connectivity index (χ0n) is 10.7. The number of nitrogens with one attached hydrogen (secondary N) is 2.